The van der Waals surface area contributed by atoms with Gasteiger partial charge in [0.15, 0.2) is 5.89 Å². The van der Waals surface area contributed by atoms with Crippen LogP contribution >= 0.6 is 0 Å². The summed E-state index contributed by atoms with van der Waals surface area (Å²) in [6.45, 7) is 5.84. The van der Waals surface area contributed by atoms with Crippen molar-refractivity contribution in [1.29, 1.82) is 0 Å². The van der Waals surface area contributed by atoms with Crippen molar-refractivity contribution in [2.24, 2.45) is 0 Å². The van der Waals surface area contributed by atoms with Crippen molar-refractivity contribution < 1.29 is 9.21 Å². The summed E-state index contributed by atoms with van der Waals surface area (Å²) in [4.78, 5) is 16.6. The Hall–Kier alpha value is -1.32. The fourth-order valence-corrected chi connectivity index (χ4v) is 2.67. The molecule has 4 nitrogen and oxygen atoms in total. The van der Waals surface area contributed by atoms with Gasteiger partial charge in [-0.3, -0.25) is 4.79 Å². The first kappa shape index (κ1) is 14.1. The number of aryl methyl sites for hydroxylation is 1. The Kier molecular flexibility index (Phi) is 4.61. The molecule has 0 bridgehead atoms. The van der Waals surface area contributed by atoms with Gasteiger partial charge in [0.1, 0.15) is 0 Å². The lowest BCUT2D eigenvalue weighted by atomic mass is 10.1. The molecule has 1 heterocycles. The number of rotatable bonds is 3. The normalized spacial score (nSPS) is 17.5. The van der Waals surface area contributed by atoms with Crippen molar-refractivity contribution in [3.8, 4) is 0 Å². The van der Waals surface area contributed by atoms with Gasteiger partial charge in [-0.15, -0.1) is 0 Å². The van der Waals surface area contributed by atoms with Crippen molar-refractivity contribution >= 4 is 5.91 Å². The molecular weight excluding hydrogens is 240 g/mol. The third-order valence-electron chi connectivity index (χ3n) is 3.70. The quantitative estimate of drug-likeness (QED) is 0.849. The Morgan fingerprint density at radius 3 is 2.47 bits per heavy atom. The van der Waals surface area contributed by atoms with Gasteiger partial charge in [0.25, 0.3) is 5.91 Å². The molecule has 1 saturated carbocycles. The Balaban J connectivity index is 2.06. The van der Waals surface area contributed by atoms with Crippen LogP contribution in [0.1, 0.15) is 80.4 Å². The van der Waals surface area contributed by atoms with E-state index in [1.165, 1.54) is 25.7 Å². The summed E-state index contributed by atoms with van der Waals surface area (Å²) < 4.78 is 5.49. The lowest BCUT2D eigenvalue weighted by molar-refractivity contribution is 0.0902. The van der Waals surface area contributed by atoms with Gasteiger partial charge < -0.3 is 9.73 Å². The zero-order chi connectivity index (χ0) is 13.8. The van der Waals surface area contributed by atoms with Crippen LogP contribution in [0.2, 0.25) is 0 Å². The number of nitrogens with one attached hydrogen (secondary N) is 1. The summed E-state index contributed by atoms with van der Waals surface area (Å²) in [6, 6.07) is 0.292. The maximum Gasteiger partial charge on any atom is 0.289 e. The van der Waals surface area contributed by atoms with E-state index < -0.39 is 0 Å². The molecule has 106 valence electrons. The molecule has 1 amide bonds. The Morgan fingerprint density at radius 1 is 1.26 bits per heavy atom. The van der Waals surface area contributed by atoms with Crippen molar-refractivity contribution in [2.45, 2.75) is 71.3 Å². The van der Waals surface area contributed by atoms with E-state index in [1.807, 2.05) is 13.8 Å². The highest BCUT2D eigenvalue weighted by molar-refractivity contribution is 5.92. The molecule has 2 rings (SSSR count). The van der Waals surface area contributed by atoms with Crippen LogP contribution in [0.3, 0.4) is 0 Å². The van der Waals surface area contributed by atoms with Crippen molar-refractivity contribution in [2.75, 3.05) is 0 Å². The molecule has 19 heavy (non-hydrogen) atoms. The molecule has 0 spiro atoms. The Bertz CT molecular complexity index is 429. The highest BCUT2D eigenvalue weighted by Crippen LogP contribution is 2.21. The Morgan fingerprint density at radius 2 is 1.89 bits per heavy atom. The van der Waals surface area contributed by atoms with Gasteiger partial charge in [0.05, 0.1) is 5.69 Å². The van der Waals surface area contributed by atoms with Crippen molar-refractivity contribution in [3.05, 3.63) is 17.3 Å². The number of aromatic nitrogens is 1. The highest BCUT2D eigenvalue weighted by Gasteiger charge is 2.23. The van der Waals surface area contributed by atoms with Gasteiger partial charge in [-0.25, -0.2) is 4.98 Å². The van der Waals surface area contributed by atoms with Crippen LogP contribution in [0, 0.1) is 6.92 Å². The largest absolute Gasteiger partial charge is 0.436 e. The van der Waals surface area contributed by atoms with E-state index in [2.05, 4.69) is 10.3 Å². The number of nitrogens with zero attached hydrogens (tertiary/aromatic N) is 1. The highest BCUT2D eigenvalue weighted by atomic mass is 16.4. The van der Waals surface area contributed by atoms with Crippen LogP contribution in [-0.2, 0) is 0 Å². The van der Waals surface area contributed by atoms with E-state index in [0.29, 0.717) is 17.7 Å². The van der Waals surface area contributed by atoms with Crippen LogP contribution in [0.25, 0.3) is 0 Å². The summed E-state index contributed by atoms with van der Waals surface area (Å²) in [5, 5.41) is 3.11. The van der Waals surface area contributed by atoms with Gasteiger partial charge in [0, 0.05) is 13.0 Å². The van der Waals surface area contributed by atoms with E-state index in [1.54, 1.807) is 6.92 Å². The monoisotopic (exact) mass is 264 g/mol. The van der Waals surface area contributed by atoms with Crippen LogP contribution < -0.4 is 5.32 Å². The van der Waals surface area contributed by atoms with Gasteiger partial charge in [-0.1, -0.05) is 39.5 Å². The molecule has 1 aliphatic rings. The molecule has 1 fully saturated rings. The molecular formula is C15H24N2O2. The smallest absolute Gasteiger partial charge is 0.289 e. The predicted octanol–water partition coefficient (Wildman–Crippen LogP) is 3.56. The summed E-state index contributed by atoms with van der Waals surface area (Å²) in [5.74, 6) is 1.06. The first-order chi connectivity index (χ1) is 9.08. The average Bonchev–Trinajstić information content (AvgIpc) is 2.58. The number of hydrogen-bond acceptors (Lipinski definition) is 3. The second-order valence-corrected chi connectivity index (χ2v) is 5.76. The third-order valence-corrected chi connectivity index (χ3v) is 3.70. The van der Waals surface area contributed by atoms with Crippen LogP contribution in [0.4, 0.5) is 0 Å². The summed E-state index contributed by atoms with van der Waals surface area (Å²) in [6.07, 6.45) is 7.14. The molecule has 1 N–H and O–H groups in total. The second kappa shape index (κ2) is 6.22. The first-order valence-electron chi connectivity index (χ1n) is 7.36. The van der Waals surface area contributed by atoms with E-state index in [0.717, 1.165) is 18.5 Å². The van der Waals surface area contributed by atoms with Crippen LogP contribution in [0.15, 0.2) is 4.42 Å². The Labute approximate surface area is 115 Å². The summed E-state index contributed by atoms with van der Waals surface area (Å²) >= 11 is 0. The fraction of sp³-hybridized carbons (Fsp3) is 0.733. The van der Waals surface area contributed by atoms with E-state index in [9.17, 15) is 4.79 Å². The molecule has 0 saturated heterocycles. The number of amides is 1. The van der Waals surface area contributed by atoms with Crippen LogP contribution in [0.5, 0.6) is 0 Å². The molecule has 4 heteroatoms. The summed E-state index contributed by atoms with van der Waals surface area (Å²) in [5.41, 5.74) is 0.767. The van der Waals surface area contributed by atoms with Crippen molar-refractivity contribution in [3.63, 3.8) is 0 Å². The van der Waals surface area contributed by atoms with E-state index in [4.69, 9.17) is 4.42 Å². The fourth-order valence-electron chi connectivity index (χ4n) is 2.67. The predicted molar refractivity (Wildman–Crippen MR) is 74.3 cm³/mol. The number of hydrogen-bond donors (Lipinski definition) is 1. The first-order valence-corrected chi connectivity index (χ1v) is 7.36. The third kappa shape index (κ3) is 3.58. The van der Waals surface area contributed by atoms with Crippen LogP contribution in [-0.4, -0.2) is 16.9 Å². The van der Waals surface area contributed by atoms with E-state index >= 15 is 0 Å². The zero-order valence-electron chi connectivity index (χ0n) is 12.2. The molecule has 0 aromatic carbocycles. The standard InChI is InChI=1S/C15H24N2O2/c1-10(2)13-14(19-11(3)16-13)15(18)17-12-8-6-4-5-7-9-12/h10,12H,4-9H2,1-3H3,(H,17,18). The topological polar surface area (TPSA) is 55.1 Å². The lowest BCUT2D eigenvalue weighted by Crippen LogP contribution is -2.34. The van der Waals surface area contributed by atoms with Crippen molar-refractivity contribution in [1.82, 2.24) is 10.3 Å². The number of carbonyl (C=O) groups is 1. The SMILES string of the molecule is Cc1nc(C(C)C)c(C(=O)NC2CCCCCC2)o1. The minimum Gasteiger partial charge on any atom is -0.436 e. The molecule has 0 aliphatic heterocycles. The molecule has 1 aromatic rings. The minimum absolute atomic E-state index is 0.101. The molecule has 1 aliphatic carbocycles. The second-order valence-electron chi connectivity index (χ2n) is 5.76. The van der Waals surface area contributed by atoms with Gasteiger partial charge >= 0.3 is 0 Å². The van der Waals surface area contributed by atoms with Gasteiger partial charge in [-0.2, -0.15) is 0 Å². The maximum absolute atomic E-state index is 12.3. The lowest BCUT2D eigenvalue weighted by Gasteiger charge is -2.15. The number of oxazole rings is 1. The number of carbonyl (C=O) groups excluding carboxylic acids is 1. The maximum atomic E-state index is 12.3. The molecule has 0 unspecified atom stereocenters. The zero-order valence-corrected chi connectivity index (χ0v) is 12.2. The van der Waals surface area contributed by atoms with E-state index in [-0.39, 0.29) is 11.8 Å². The minimum atomic E-state index is -0.101. The van der Waals surface area contributed by atoms with Gasteiger partial charge in [0.2, 0.25) is 5.76 Å². The van der Waals surface area contributed by atoms with Gasteiger partial charge in [-0.05, 0) is 18.8 Å². The summed E-state index contributed by atoms with van der Waals surface area (Å²) in [7, 11) is 0. The molecule has 0 radical (unpaired) electrons. The average molecular weight is 264 g/mol. The molecule has 1 aromatic heterocycles. The molecule has 0 atom stereocenters.